The number of nitrogens with one attached hydrogen (secondary N) is 1. The minimum atomic E-state index is -0.0107. The number of urea groups is 1. The van der Waals surface area contributed by atoms with Crippen LogP contribution in [0.15, 0.2) is 54.9 Å². The second kappa shape index (κ2) is 8.21. The van der Waals surface area contributed by atoms with E-state index in [0.717, 1.165) is 35.9 Å². The highest BCUT2D eigenvalue weighted by molar-refractivity contribution is 5.74. The molecule has 1 aliphatic rings. The van der Waals surface area contributed by atoms with Gasteiger partial charge in [-0.05, 0) is 24.3 Å². The van der Waals surface area contributed by atoms with Gasteiger partial charge in [-0.2, -0.15) is 0 Å². The molecule has 1 N–H and O–H groups in total. The Morgan fingerprint density at radius 3 is 2.68 bits per heavy atom. The Morgan fingerprint density at radius 2 is 1.89 bits per heavy atom. The number of carbonyl (C=O) groups excluding carboxylic acids is 1. The second-order valence-corrected chi connectivity index (χ2v) is 6.83. The molecule has 1 fully saturated rings. The third-order valence-corrected chi connectivity index (χ3v) is 5.06. The van der Waals surface area contributed by atoms with Gasteiger partial charge in [-0.1, -0.05) is 18.2 Å². The van der Waals surface area contributed by atoms with E-state index in [0.29, 0.717) is 26.1 Å². The van der Waals surface area contributed by atoms with E-state index in [9.17, 15) is 4.79 Å². The average Bonchev–Trinajstić information content (AvgIpc) is 3.16. The van der Waals surface area contributed by atoms with Crippen LogP contribution in [0.25, 0.3) is 5.65 Å². The number of amides is 2. The molecule has 7 nitrogen and oxygen atoms in total. The predicted molar refractivity (Wildman–Crippen MR) is 109 cm³/mol. The molecule has 2 amide bonds. The Morgan fingerprint density at radius 1 is 1.11 bits per heavy atom. The van der Waals surface area contributed by atoms with Crippen LogP contribution in [0.4, 0.5) is 10.5 Å². The van der Waals surface area contributed by atoms with Crippen molar-refractivity contribution in [2.75, 3.05) is 44.7 Å². The van der Waals surface area contributed by atoms with Crippen LogP contribution < -0.4 is 15.0 Å². The molecule has 0 unspecified atom stereocenters. The van der Waals surface area contributed by atoms with Gasteiger partial charge in [0.15, 0.2) is 0 Å². The molecule has 1 aromatic carbocycles. The number of methoxy groups -OCH3 is 1. The van der Waals surface area contributed by atoms with Gasteiger partial charge in [0.2, 0.25) is 0 Å². The van der Waals surface area contributed by atoms with Gasteiger partial charge in [0.25, 0.3) is 0 Å². The highest BCUT2D eigenvalue weighted by atomic mass is 16.5. The van der Waals surface area contributed by atoms with E-state index in [2.05, 4.69) is 21.3 Å². The quantitative estimate of drug-likeness (QED) is 0.740. The predicted octanol–water partition coefficient (Wildman–Crippen LogP) is 2.42. The first-order valence-electron chi connectivity index (χ1n) is 9.58. The fourth-order valence-corrected chi connectivity index (χ4v) is 3.56. The van der Waals surface area contributed by atoms with E-state index in [1.807, 2.05) is 58.1 Å². The van der Waals surface area contributed by atoms with Crippen LogP contribution in [-0.2, 0) is 6.42 Å². The van der Waals surface area contributed by atoms with Crippen LogP contribution in [0.1, 0.15) is 5.69 Å². The summed E-state index contributed by atoms with van der Waals surface area (Å²) in [4.78, 5) is 21.2. The molecule has 0 aliphatic carbocycles. The molecular weight excluding hydrogens is 354 g/mol. The third kappa shape index (κ3) is 3.88. The van der Waals surface area contributed by atoms with Crippen molar-refractivity contribution in [3.8, 4) is 5.75 Å². The summed E-state index contributed by atoms with van der Waals surface area (Å²) >= 11 is 0. The van der Waals surface area contributed by atoms with Crippen molar-refractivity contribution in [3.63, 3.8) is 0 Å². The maximum atomic E-state index is 12.5. The molecule has 4 rings (SSSR count). The molecule has 1 saturated heterocycles. The van der Waals surface area contributed by atoms with Gasteiger partial charge < -0.3 is 24.3 Å². The van der Waals surface area contributed by atoms with Gasteiger partial charge in [-0.25, -0.2) is 9.78 Å². The fourth-order valence-electron chi connectivity index (χ4n) is 3.56. The molecule has 0 saturated carbocycles. The third-order valence-electron chi connectivity index (χ3n) is 5.06. The number of para-hydroxylation sites is 2. The van der Waals surface area contributed by atoms with Crippen LogP contribution in [0.2, 0.25) is 0 Å². The van der Waals surface area contributed by atoms with E-state index in [4.69, 9.17) is 4.74 Å². The SMILES string of the molecule is COc1ccccc1N1CCN(C(=O)NCCc2cn3ccccc3n2)CC1. The maximum Gasteiger partial charge on any atom is 0.317 e. The zero-order valence-corrected chi connectivity index (χ0v) is 16.0. The van der Waals surface area contributed by atoms with Gasteiger partial charge in [0.05, 0.1) is 18.5 Å². The molecule has 0 radical (unpaired) electrons. The molecule has 2 aromatic heterocycles. The number of piperazine rings is 1. The topological polar surface area (TPSA) is 62.1 Å². The van der Waals surface area contributed by atoms with E-state index >= 15 is 0 Å². The highest BCUT2D eigenvalue weighted by Gasteiger charge is 2.22. The number of carbonyl (C=O) groups is 1. The molecular formula is C21H25N5O2. The molecule has 28 heavy (non-hydrogen) atoms. The Kier molecular flexibility index (Phi) is 5.32. The number of hydrogen-bond acceptors (Lipinski definition) is 4. The molecule has 0 atom stereocenters. The summed E-state index contributed by atoms with van der Waals surface area (Å²) in [5.41, 5.74) is 2.99. The summed E-state index contributed by atoms with van der Waals surface area (Å²) in [5, 5.41) is 3.02. The first kappa shape index (κ1) is 18.2. The molecule has 3 aromatic rings. The number of fused-ring (bicyclic) bond motifs is 1. The molecule has 0 bridgehead atoms. The van der Waals surface area contributed by atoms with Gasteiger partial charge in [0, 0.05) is 51.5 Å². The first-order valence-corrected chi connectivity index (χ1v) is 9.58. The van der Waals surface area contributed by atoms with Crippen molar-refractivity contribution in [3.05, 3.63) is 60.6 Å². The van der Waals surface area contributed by atoms with Crippen molar-refractivity contribution in [1.29, 1.82) is 0 Å². The Labute approximate surface area is 164 Å². The first-order chi connectivity index (χ1) is 13.7. The molecule has 0 spiro atoms. The molecule has 3 heterocycles. The monoisotopic (exact) mass is 379 g/mol. The summed E-state index contributed by atoms with van der Waals surface area (Å²) in [6, 6.07) is 13.9. The van der Waals surface area contributed by atoms with E-state index in [1.54, 1.807) is 7.11 Å². The average molecular weight is 379 g/mol. The summed E-state index contributed by atoms with van der Waals surface area (Å²) in [7, 11) is 1.69. The number of pyridine rings is 1. The van der Waals surface area contributed by atoms with Crippen molar-refractivity contribution >= 4 is 17.4 Å². The Balaban J connectivity index is 1.26. The van der Waals surface area contributed by atoms with Gasteiger partial charge in [0.1, 0.15) is 11.4 Å². The Hall–Kier alpha value is -3.22. The lowest BCUT2D eigenvalue weighted by atomic mass is 10.2. The summed E-state index contributed by atoms with van der Waals surface area (Å²) in [6.45, 7) is 3.55. The zero-order chi connectivity index (χ0) is 19.3. The van der Waals surface area contributed by atoms with Gasteiger partial charge in [-0.3, -0.25) is 0 Å². The van der Waals surface area contributed by atoms with Crippen LogP contribution in [0.5, 0.6) is 5.75 Å². The van der Waals surface area contributed by atoms with Crippen LogP contribution in [-0.4, -0.2) is 60.1 Å². The lowest BCUT2D eigenvalue weighted by Gasteiger charge is -2.36. The highest BCUT2D eigenvalue weighted by Crippen LogP contribution is 2.28. The Bertz CT molecular complexity index is 914. The zero-order valence-electron chi connectivity index (χ0n) is 16.0. The van der Waals surface area contributed by atoms with E-state index < -0.39 is 0 Å². The van der Waals surface area contributed by atoms with Crippen LogP contribution >= 0.6 is 0 Å². The number of nitrogens with zero attached hydrogens (tertiary/aromatic N) is 4. The number of benzene rings is 1. The summed E-state index contributed by atoms with van der Waals surface area (Å²) < 4.78 is 7.44. The minimum absolute atomic E-state index is 0.0107. The van der Waals surface area contributed by atoms with E-state index in [-0.39, 0.29) is 6.03 Å². The second-order valence-electron chi connectivity index (χ2n) is 6.83. The van der Waals surface area contributed by atoms with E-state index in [1.165, 1.54) is 0 Å². The lowest BCUT2D eigenvalue weighted by Crippen LogP contribution is -2.52. The number of rotatable bonds is 5. The smallest absolute Gasteiger partial charge is 0.317 e. The van der Waals surface area contributed by atoms with Crippen LogP contribution in [0.3, 0.4) is 0 Å². The number of hydrogen-bond donors (Lipinski definition) is 1. The summed E-state index contributed by atoms with van der Waals surface area (Å²) in [5.74, 6) is 0.868. The normalized spacial score (nSPS) is 14.3. The van der Waals surface area contributed by atoms with Crippen LogP contribution in [0, 0.1) is 0 Å². The molecule has 146 valence electrons. The number of anilines is 1. The van der Waals surface area contributed by atoms with Crippen molar-refractivity contribution in [2.24, 2.45) is 0 Å². The van der Waals surface area contributed by atoms with Gasteiger partial charge >= 0.3 is 6.03 Å². The largest absolute Gasteiger partial charge is 0.495 e. The standard InChI is InChI=1S/C21H25N5O2/c1-28-19-7-3-2-6-18(19)24-12-14-25(15-13-24)21(27)22-10-9-17-16-26-11-5-4-8-20(26)23-17/h2-8,11,16H,9-10,12-15H2,1H3,(H,22,27). The lowest BCUT2D eigenvalue weighted by molar-refractivity contribution is 0.194. The number of imidazole rings is 1. The fraction of sp³-hybridized carbons (Fsp3) is 0.333. The number of aromatic nitrogens is 2. The van der Waals surface area contributed by atoms with Crippen molar-refractivity contribution < 1.29 is 9.53 Å². The molecule has 1 aliphatic heterocycles. The van der Waals surface area contributed by atoms with Gasteiger partial charge in [-0.15, -0.1) is 0 Å². The summed E-state index contributed by atoms with van der Waals surface area (Å²) in [6.07, 6.45) is 4.70. The van der Waals surface area contributed by atoms with Crippen molar-refractivity contribution in [2.45, 2.75) is 6.42 Å². The minimum Gasteiger partial charge on any atom is -0.495 e. The van der Waals surface area contributed by atoms with Crippen molar-refractivity contribution in [1.82, 2.24) is 19.6 Å². The maximum absolute atomic E-state index is 12.5. The number of ether oxygens (including phenoxy) is 1. The molecule has 7 heteroatoms.